The van der Waals surface area contributed by atoms with E-state index in [1.165, 1.54) is 24.0 Å². The fourth-order valence-corrected chi connectivity index (χ4v) is 5.44. The molecule has 4 aromatic heterocycles. The minimum Gasteiger partial charge on any atom is -0.387 e. The highest BCUT2D eigenvalue weighted by Crippen LogP contribution is 2.36. The molecule has 0 atom stereocenters. The maximum Gasteiger partial charge on any atom is 0.248 e. The van der Waals surface area contributed by atoms with Crippen LogP contribution in [-0.2, 0) is 4.79 Å². The number of rotatable bonds is 5. The van der Waals surface area contributed by atoms with Crippen LogP contribution in [0.25, 0.3) is 16.6 Å². The first kappa shape index (κ1) is 23.1. The first-order chi connectivity index (χ1) is 17.0. The van der Waals surface area contributed by atoms with Gasteiger partial charge in [0.05, 0.1) is 35.7 Å². The lowest BCUT2D eigenvalue weighted by Crippen LogP contribution is -2.40. The predicted molar refractivity (Wildman–Crippen MR) is 129 cm³/mol. The zero-order valence-electron chi connectivity index (χ0n) is 19.1. The highest BCUT2D eigenvalue weighted by atomic mass is 32.2. The molecule has 1 aliphatic heterocycles. The molecule has 1 fully saturated rings. The number of carbonyl (C=O) groups excluding carboxylic acids is 1. The lowest BCUT2D eigenvalue weighted by molar-refractivity contribution is -0.135. The normalized spacial score (nSPS) is 14.4. The maximum absolute atomic E-state index is 13.4. The number of terminal acetylenes is 1. The van der Waals surface area contributed by atoms with Crippen molar-refractivity contribution in [3.63, 3.8) is 0 Å². The van der Waals surface area contributed by atoms with Crippen molar-refractivity contribution in [2.75, 3.05) is 19.7 Å². The van der Waals surface area contributed by atoms with Gasteiger partial charge in [-0.2, -0.15) is 10.2 Å². The van der Waals surface area contributed by atoms with Crippen LogP contribution in [0.15, 0.2) is 52.9 Å². The van der Waals surface area contributed by atoms with Crippen LogP contribution in [0.2, 0.25) is 0 Å². The number of aliphatic hydroxyl groups is 1. The van der Waals surface area contributed by atoms with E-state index in [2.05, 4.69) is 21.1 Å². The second kappa shape index (κ2) is 9.52. The van der Waals surface area contributed by atoms with Crippen LogP contribution >= 0.6 is 11.8 Å². The number of aliphatic hydroxyl groups excluding tert-OH is 1. The second-order valence-corrected chi connectivity index (χ2v) is 9.43. The number of amides is 1. The molecule has 1 amide bonds. The number of carbonyl (C=O) groups is 1. The van der Waals surface area contributed by atoms with Gasteiger partial charge in [0.25, 0.3) is 0 Å². The van der Waals surface area contributed by atoms with Crippen molar-refractivity contribution < 1.29 is 14.3 Å². The largest absolute Gasteiger partial charge is 0.387 e. The van der Waals surface area contributed by atoms with Crippen molar-refractivity contribution in [3.8, 4) is 23.5 Å². The summed E-state index contributed by atoms with van der Waals surface area (Å²) in [6.07, 6.45) is 13.9. The summed E-state index contributed by atoms with van der Waals surface area (Å²) in [5.41, 5.74) is 4.35. The van der Waals surface area contributed by atoms with Gasteiger partial charge in [-0.3, -0.25) is 9.48 Å². The Morgan fingerprint density at radius 2 is 2.06 bits per heavy atom. The van der Waals surface area contributed by atoms with Crippen molar-refractivity contribution in [1.82, 2.24) is 29.3 Å². The average molecular weight is 491 g/mol. The Balaban J connectivity index is 1.49. The van der Waals surface area contributed by atoms with Gasteiger partial charge in [0.1, 0.15) is 17.5 Å². The van der Waals surface area contributed by atoms with Crippen LogP contribution in [-0.4, -0.2) is 60.0 Å². The standard InChI is InChI=1S/C25H23FN6O2S/c1-3-17-11-28-31-14-18(10-22(25(17)31)35-23-5-4-19(26)12-27-23)21-13-29-32(16(21)2)20-6-8-30(9-7-20)24(34)15-33/h1,4-5,10-14,20,33H,6-9,15H2,2H3. The second-order valence-electron chi connectivity index (χ2n) is 8.36. The molecule has 178 valence electrons. The van der Waals surface area contributed by atoms with Gasteiger partial charge in [-0.15, -0.1) is 6.42 Å². The highest BCUT2D eigenvalue weighted by molar-refractivity contribution is 7.99. The Morgan fingerprint density at radius 1 is 1.26 bits per heavy atom. The molecular formula is C25H23FN6O2S. The zero-order valence-corrected chi connectivity index (χ0v) is 19.9. The van der Waals surface area contributed by atoms with Crippen LogP contribution in [0, 0.1) is 25.1 Å². The van der Waals surface area contributed by atoms with E-state index in [9.17, 15) is 9.18 Å². The maximum atomic E-state index is 13.4. The summed E-state index contributed by atoms with van der Waals surface area (Å²) >= 11 is 1.40. The molecule has 1 aliphatic rings. The number of piperidine rings is 1. The van der Waals surface area contributed by atoms with Crippen molar-refractivity contribution in [2.24, 2.45) is 0 Å². The molecule has 5 heterocycles. The Kier molecular flexibility index (Phi) is 6.28. The molecule has 0 radical (unpaired) electrons. The van der Waals surface area contributed by atoms with E-state index in [4.69, 9.17) is 11.5 Å². The lowest BCUT2D eigenvalue weighted by Gasteiger charge is -2.32. The van der Waals surface area contributed by atoms with Crippen LogP contribution in [0.5, 0.6) is 0 Å². The van der Waals surface area contributed by atoms with E-state index >= 15 is 0 Å². The third-order valence-corrected chi connectivity index (χ3v) is 7.28. The zero-order chi connectivity index (χ0) is 24.5. The summed E-state index contributed by atoms with van der Waals surface area (Å²) in [6, 6.07) is 5.21. The lowest BCUT2D eigenvalue weighted by atomic mass is 10.0. The van der Waals surface area contributed by atoms with Gasteiger partial charge in [-0.1, -0.05) is 17.7 Å². The SMILES string of the molecule is C#Cc1cnn2cc(-c3cnn(C4CCN(C(=O)CO)CC4)c3C)cc(Sc3ccc(F)cn3)c12. The van der Waals surface area contributed by atoms with Crippen LogP contribution in [0.1, 0.15) is 30.1 Å². The molecule has 0 unspecified atom stereocenters. The summed E-state index contributed by atoms with van der Waals surface area (Å²) < 4.78 is 17.1. The number of fused-ring (bicyclic) bond motifs is 1. The van der Waals surface area contributed by atoms with Crippen LogP contribution in [0.4, 0.5) is 4.39 Å². The third-order valence-electron chi connectivity index (χ3n) is 6.30. The summed E-state index contributed by atoms with van der Waals surface area (Å²) in [6.45, 7) is 2.76. The molecule has 0 bridgehead atoms. The average Bonchev–Trinajstić information content (AvgIpc) is 3.48. The number of hydrogen-bond donors (Lipinski definition) is 1. The minimum atomic E-state index is -0.458. The predicted octanol–water partition coefficient (Wildman–Crippen LogP) is 3.33. The summed E-state index contributed by atoms with van der Waals surface area (Å²) in [4.78, 5) is 18.5. The van der Waals surface area contributed by atoms with Crippen molar-refractivity contribution >= 4 is 23.2 Å². The molecule has 1 N–H and O–H groups in total. The quantitative estimate of drug-likeness (QED) is 0.432. The van der Waals surface area contributed by atoms with Crippen molar-refractivity contribution in [2.45, 2.75) is 35.7 Å². The van der Waals surface area contributed by atoms with Crippen LogP contribution in [0.3, 0.4) is 0 Å². The first-order valence-corrected chi connectivity index (χ1v) is 12.0. The van der Waals surface area contributed by atoms with E-state index in [-0.39, 0.29) is 11.9 Å². The number of halogens is 1. The van der Waals surface area contributed by atoms with E-state index in [1.54, 1.807) is 21.7 Å². The van der Waals surface area contributed by atoms with E-state index < -0.39 is 12.4 Å². The number of aromatic nitrogens is 5. The minimum absolute atomic E-state index is 0.172. The number of hydrogen-bond acceptors (Lipinski definition) is 6. The molecule has 0 saturated carbocycles. The number of pyridine rings is 2. The molecule has 0 aromatic carbocycles. The van der Waals surface area contributed by atoms with Gasteiger partial charge in [-0.25, -0.2) is 13.9 Å². The number of nitrogens with zero attached hydrogens (tertiary/aromatic N) is 6. The van der Waals surface area contributed by atoms with E-state index in [1.807, 2.05) is 30.1 Å². The van der Waals surface area contributed by atoms with Gasteiger partial charge in [0.15, 0.2) is 0 Å². The third kappa shape index (κ3) is 4.40. The molecule has 8 nitrogen and oxygen atoms in total. The van der Waals surface area contributed by atoms with Gasteiger partial charge >= 0.3 is 0 Å². The molecule has 5 rings (SSSR count). The fraction of sp³-hybridized carbons (Fsp3) is 0.280. The Hall–Kier alpha value is -3.68. The molecule has 1 saturated heterocycles. The fourth-order valence-electron chi connectivity index (χ4n) is 4.49. The van der Waals surface area contributed by atoms with Gasteiger partial charge in [0, 0.05) is 41.0 Å². The van der Waals surface area contributed by atoms with Crippen molar-refractivity contribution in [1.29, 1.82) is 0 Å². The summed E-state index contributed by atoms with van der Waals surface area (Å²) in [5, 5.41) is 18.9. The van der Waals surface area contributed by atoms with Gasteiger partial charge in [0.2, 0.25) is 5.91 Å². The molecule has 10 heteroatoms. The Labute approximate surface area is 205 Å². The molecule has 4 aromatic rings. The van der Waals surface area contributed by atoms with E-state index in [0.717, 1.165) is 40.1 Å². The first-order valence-electron chi connectivity index (χ1n) is 11.2. The topological polar surface area (TPSA) is 88.6 Å². The smallest absolute Gasteiger partial charge is 0.248 e. The molecule has 0 spiro atoms. The Morgan fingerprint density at radius 3 is 2.74 bits per heavy atom. The van der Waals surface area contributed by atoms with E-state index in [0.29, 0.717) is 23.7 Å². The summed E-state index contributed by atoms with van der Waals surface area (Å²) in [5.74, 6) is 2.05. The Bertz CT molecular complexity index is 1430. The van der Waals surface area contributed by atoms with Crippen molar-refractivity contribution in [3.05, 3.63) is 60.1 Å². The highest BCUT2D eigenvalue weighted by Gasteiger charge is 2.26. The molecular weight excluding hydrogens is 467 g/mol. The van der Waals surface area contributed by atoms with Gasteiger partial charge < -0.3 is 10.0 Å². The summed E-state index contributed by atoms with van der Waals surface area (Å²) in [7, 11) is 0. The number of likely N-dealkylation sites (tertiary alicyclic amines) is 1. The molecule has 0 aliphatic carbocycles. The van der Waals surface area contributed by atoms with Crippen LogP contribution < -0.4 is 0 Å². The monoisotopic (exact) mass is 490 g/mol. The van der Waals surface area contributed by atoms with Gasteiger partial charge in [-0.05, 0) is 38.0 Å². The molecule has 35 heavy (non-hydrogen) atoms.